The van der Waals surface area contributed by atoms with Crippen molar-refractivity contribution in [3.8, 4) is 0 Å². The first-order chi connectivity index (χ1) is 6.36. The van der Waals surface area contributed by atoms with E-state index in [1.54, 1.807) is 6.34 Å². The van der Waals surface area contributed by atoms with Crippen LogP contribution in [-0.2, 0) is 12.8 Å². The van der Waals surface area contributed by atoms with Gasteiger partial charge in [0.25, 0.3) is 0 Å². The van der Waals surface area contributed by atoms with Gasteiger partial charge in [-0.1, -0.05) is 6.58 Å². The molecule has 2 aliphatic rings. The fraction of sp³-hybridized carbons (Fsp3) is 0.300. The highest BCUT2D eigenvalue weighted by Gasteiger charge is 2.24. The van der Waals surface area contributed by atoms with E-state index in [1.165, 1.54) is 35.3 Å². The molecule has 66 valence electrons. The summed E-state index contributed by atoms with van der Waals surface area (Å²) < 4.78 is 0. The van der Waals surface area contributed by atoms with Crippen molar-refractivity contribution >= 4 is 28.4 Å². The molecule has 13 heavy (non-hydrogen) atoms. The van der Waals surface area contributed by atoms with Crippen LogP contribution in [-0.4, -0.2) is 6.34 Å². The molecule has 1 aromatic rings. The number of aryl methyl sites for hydroxylation is 1. The number of nitrogens with zero attached hydrogens (tertiary/aromatic N) is 1. The maximum Gasteiger partial charge on any atom is 0.127 e. The quantitative estimate of drug-likeness (QED) is 0.667. The molecule has 0 atom stereocenters. The second-order valence-corrected chi connectivity index (χ2v) is 4.50. The number of fused-ring (bicyclic) bond motifs is 3. The molecule has 1 aliphatic carbocycles. The van der Waals surface area contributed by atoms with Gasteiger partial charge in [0.2, 0.25) is 0 Å². The predicted molar refractivity (Wildman–Crippen MR) is 56.7 cm³/mol. The average molecular weight is 190 g/mol. The molecule has 0 fully saturated rings. The van der Waals surface area contributed by atoms with Crippen molar-refractivity contribution < 1.29 is 0 Å². The molecule has 2 nitrogen and oxygen atoms in total. The van der Waals surface area contributed by atoms with E-state index in [4.69, 9.17) is 0 Å². The first-order valence-electron chi connectivity index (χ1n) is 4.49. The molecular formula is C10H10N2S. The lowest BCUT2D eigenvalue weighted by molar-refractivity contribution is 0.912. The van der Waals surface area contributed by atoms with Crippen molar-refractivity contribution in [2.75, 3.05) is 0 Å². The third-order valence-corrected chi connectivity index (χ3v) is 3.82. The van der Waals surface area contributed by atoms with Crippen LogP contribution in [0, 0.1) is 0 Å². The van der Waals surface area contributed by atoms with Crippen molar-refractivity contribution in [2.45, 2.75) is 19.3 Å². The van der Waals surface area contributed by atoms with Crippen LogP contribution in [0.15, 0.2) is 11.6 Å². The third-order valence-electron chi connectivity index (χ3n) is 2.63. The highest BCUT2D eigenvalue weighted by molar-refractivity contribution is 7.16. The monoisotopic (exact) mass is 190 g/mol. The van der Waals surface area contributed by atoms with Gasteiger partial charge in [-0.2, -0.15) is 0 Å². The Balaban J connectivity index is 2.28. The van der Waals surface area contributed by atoms with Crippen LogP contribution < -0.4 is 5.32 Å². The van der Waals surface area contributed by atoms with E-state index in [0.29, 0.717) is 0 Å². The molecule has 0 spiro atoms. The van der Waals surface area contributed by atoms with Crippen LogP contribution >= 0.6 is 11.3 Å². The van der Waals surface area contributed by atoms with Crippen molar-refractivity contribution in [1.82, 2.24) is 5.32 Å². The lowest BCUT2D eigenvalue weighted by Gasteiger charge is -2.10. The Bertz CT molecular complexity index is 415. The summed E-state index contributed by atoms with van der Waals surface area (Å²) in [7, 11) is 0. The number of hydrogen-bond acceptors (Lipinski definition) is 3. The Kier molecular flexibility index (Phi) is 1.38. The van der Waals surface area contributed by atoms with E-state index in [0.717, 1.165) is 10.7 Å². The van der Waals surface area contributed by atoms with E-state index in [2.05, 4.69) is 16.9 Å². The minimum absolute atomic E-state index is 1.02. The van der Waals surface area contributed by atoms with Crippen LogP contribution in [0.1, 0.15) is 22.4 Å². The summed E-state index contributed by atoms with van der Waals surface area (Å²) in [4.78, 5) is 5.85. The molecule has 1 N–H and O–H groups in total. The van der Waals surface area contributed by atoms with E-state index >= 15 is 0 Å². The summed E-state index contributed by atoms with van der Waals surface area (Å²) in [6.45, 7) is 4.01. The van der Waals surface area contributed by atoms with E-state index in [1.807, 2.05) is 11.3 Å². The molecule has 1 aromatic heterocycles. The van der Waals surface area contributed by atoms with Gasteiger partial charge in [0, 0.05) is 16.1 Å². The van der Waals surface area contributed by atoms with Crippen LogP contribution in [0.4, 0.5) is 5.00 Å². The Morgan fingerprint density at radius 2 is 2.38 bits per heavy atom. The topological polar surface area (TPSA) is 24.4 Å². The van der Waals surface area contributed by atoms with E-state index in [-0.39, 0.29) is 0 Å². The van der Waals surface area contributed by atoms with Gasteiger partial charge in [-0.05, 0) is 24.8 Å². The average Bonchev–Trinajstić information content (AvgIpc) is 2.62. The molecule has 0 saturated carbocycles. The third kappa shape index (κ3) is 0.907. The fourth-order valence-electron chi connectivity index (χ4n) is 2.03. The number of thiophene rings is 1. The van der Waals surface area contributed by atoms with Crippen LogP contribution in [0.3, 0.4) is 0 Å². The van der Waals surface area contributed by atoms with E-state index < -0.39 is 0 Å². The first-order valence-corrected chi connectivity index (χ1v) is 5.31. The molecule has 1 aliphatic heterocycles. The largest absolute Gasteiger partial charge is 0.346 e. The zero-order valence-corrected chi connectivity index (χ0v) is 8.08. The minimum Gasteiger partial charge on any atom is -0.346 e. The van der Waals surface area contributed by atoms with Gasteiger partial charge in [-0.15, -0.1) is 11.3 Å². The zero-order chi connectivity index (χ0) is 8.84. The molecule has 0 amide bonds. The molecule has 0 aromatic carbocycles. The normalized spacial score (nSPS) is 18.3. The Morgan fingerprint density at radius 3 is 3.31 bits per heavy atom. The van der Waals surface area contributed by atoms with Gasteiger partial charge in [0.1, 0.15) is 5.00 Å². The molecule has 2 heterocycles. The standard InChI is InChI=1S/C10H10N2S/c1-6-9-7-3-2-4-8(7)13-10(9)12-5-11-6/h5H,1-4H2,(H,11,12). The van der Waals surface area contributed by atoms with Crippen molar-refractivity contribution in [3.05, 3.63) is 22.6 Å². The first kappa shape index (κ1) is 7.33. The van der Waals surface area contributed by atoms with Crippen LogP contribution in [0.25, 0.3) is 5.70 Å². The molecule has 3 heteroatoms. The van der Waals surface area contributed by atoms with Gasteiger partial charge >= 0.3 is 0 Å². The van der Waals surface area contributed by atoms with Crippen molar-refractivity contribution in [3.63, 3.8) is 0 Å². The Labute approximate surface area is 81.0 Å². The zero-order valence-electron chi connectivity index (χ0n) is 7.26. The summed E-state index contributed by atoms with van der Waals surface area (Å²) in [6.07, 6.45) is 5.47. The van der Waals surface area contributed by atoms with Crippen LogP contribution in [0.5, 0.6) is 0 Å². The van der Waals surface area contributed by atoms with Crippen molar-refractivity contribution in [2.24, 2.45) is 4.99 Å². The smallest absolute Gasteiger partial charge is 0.127 e. The van der Waals surface area contributed by atoms with Crippen LogP contribution in [0.2, 0.25) is 0 Å². The summed E-state index contributed by atoms with van der Waals surface area (Å²) in [5.74, 6) is 0. The Hall–Kier alpha value is -1.09. The van der Waals surface area contributed by atoms with Gasteiger partial charge < -0.3 is 5.32 Å². The summed E-state index contributed by atoms with van der Waals surface area (Å²) in [6, 6.07) is 0. The predicted octanol–water partition coefficient (Wildman–Crippen LogP) is 2.47. The number of hydrogen-bond donors (Lipinski definition) is 1. The number of rotatable bonds is 0. The van der Waals surface area contributed by atoms with Gasteiger partial charge in [0.15, 0.2) is 0 Å². The number of aliphatic imine (C=N–C) groups is 1. The maximum atomic E-state index is 4.33. The summed E-state index contributed by atoms with van der Waals surface area (Å²) >= 11 is 1.83. The summed E-state index contributed by atoms with van der Waals surface area (Å²) in [5, 5.41) is 4.22. The molecular weight excluding hydrogens is 180 g/mol. The molecule has 0 saturated heterocycles. The highest BCUT2D eigenvalue weighted by atomic mass is 32.1. The lowest BCUT2D eigenvalue weighted by atomic mass is 10.1. The fourth-order valence-corrected chi connectivity index (χ4v) is 3.29. The molecule has 0 radical (unpaired) electrons. The van der Waals surface area contributed by atoms with Crippen molar-refractivity contribution in [1.29, 1.82) is 0 Å². The number of nitrogens with one attached hydrogen (secondary N) is 1. The second kappa shape index (κ2) is 2.45. The molecule has 3 rings (SSSR count). The second-order valence-electron chi connectivity index (χ2n) is 3.42. The minimum atomic E-state index is 1.02. The molecule has 0 unspecified atom stereocenters. The highest BCUT2D eigenvalue weighted by Crippen LogP contribution is 2.43. The maximum absolute atomic E-state index is 4.33. The van der Waals surface area contributed by atoms with Gasteiger partial charge in [-0.25, -0.2) is 4.99 Å². The van der Waals surface area contributed by atoms with E-state index in [9.17, 15) is 0 Å². The lowest BCUT2D eigenvalue weighted by Crippen LogP contribution is -2.11. The van der Waals surface area contributed by atoms with Gasteiger partial charge in [-0.3, -0.25) is 0 Å². The Morgan fingerprint density at radius 1 is 1.46 bits per heavy atom. The molecule has 0 bridgehead atoms. The van der Waals surface area contributed by atoms with Gasteiger partial charge in [0.05, 0.1) is 6.34 Å². The summed E-state index contributed by atoms with van der Waals surface area (Å²) in [5.41, 5.74) is 3.79. The SMILES string of the molecule is C=C1NC=Nc2sc3c(c21)CCC3.